The first kappa shape index (κ1) is 9.98. The van der Waals surface area contributed by atoms with Crippen LogP contribution in [0.15, 0.2) is 0 Å². The molecule has 0 amide bonds. The van der Waals surface area contributed by atoms with Gasteiger partial charge in [-0.2, -0.15) is 0 Å². The maximum Gasteiger partial charge on any atom is 0.197 e. The van der Waals surface area contributed by atoms with Gasteiger partial charge in [0.15, 0.2) is 7.41 Å². The summed E-state index contributed by atoms with van der Waals surface area (Å²) < 4.78 is 0. The van der Waals surface area contributed by atoms with Crippen molar-refractivity contribution in [1.29, 1.82) is 0 Å². The Labute approximate surface area is 64.8 Å². The fourth-order valence-electron chi connectivity index (χ4n) is 0.925. The lowest BCUT2D eigenvalue weighted by Gasteiger charge is -1.99. The van der Waals surface area contributed by atoms with Gasteiger partial charge in [0.1, 0.15) is 0 Å². The van der Waals surface area contributed by atoms with Crippen LogP contribution in [0.25, 0.3) is 0 Å². The smallest absolute Gasteiger partial charge is 0.197 e. The lowest BCUT2D eigenvalue weighted by molar-refractivity contribution is 0.641. The van der Waals surface area contributed by atoms with E-state index in [-0.39, 0.29) is 0 Å². The van der Waals surface area contributed by atoms with Crippen molar-refractivity contribution in [2.75, 3.05) is 13.1 Å². The molecule has 0 saturated carbocycles. The first-order valence-corrected chi connectivity index (χ1v) is 4.32. The van der Waals surface area contributed by atoms with E-state index in [1.165, 1.54) is 32.2 Å². The van der Waals surface area contributed by atoms with E-state index in [0.717, 1.165) is 14.0 Å². The molecule has 0 rings (SSSR count). The van der Waals surface area contributed by atoms with E-state index in [0.29, 0.717) is 0 Å². The fourth-order valence-corrected chi connectivity index (χ4v) is 0.925. The van der Waals surface area contributed by atoms with Gasteiger partial charge in [-0.05, 0) is 25.9 Å². The Morgan fingerprint density at radius 3 is 2.50 bits per heavy atom. The highest BCUT2D eigenvalue weighted by molar-refractivity contribution is 6.29. The van der Waals surface area contributed by atoms with Crippen LogP contribution in [0, 0.1) is 0 Å². The number of nitrogens with one attached hydrogen (secondary N) is 1. The average Bonchev–Trinajstić information content (AvgIpc) is 1.97. The third-order valence-corrected chi connectivity index (χ3v) is 1.56. The molecule has 0 fully saturated rings. The van der Waals surface area contributed by atoms with Crippen molar-refractivity contribution in [2.24, 2.45) is 5.73 Å². The van der Waals surface area contributed by atoms with Crippen LogP contribution in [0.2, 0.25) is 6.82 Å². The molecule has 10 heavy (non-hydrogen) atoms. The molecule has 2 nitrogen and oxygen atoms in total. The molecule has 0 spiro atoms. The minimum Gasteiger partial charge on any atom is -0.359 e. The molecular weight excluding hydrogens is 123 g/mol. The molecular formula is C7H19BN2. The molecule has 0 aromatic carbocycles. The van der Waals surface area contributed by atoms with E-state index < -0.39 is 0 Å². The lowest BCUT2D eigenvalue weighted by atomic mass is 10.00. The van der Waals surface area contributed by atoms with E-state index in [4.69, 9.17) is 5.73 Å². The van der Waals surface area contributed by atoms with Crippen molar-refractivity contribution in [1.82, 2.24) is 5.23 Å². The molecule has 0 aliphatic heterocycles. The third-order valence-electron chi connectivity index (χ3n) is 1.56. The highest BCUT2D eigenvalue weighted by atomic mass is 14.7. The van der Waals surface area contributed by atoms with Gasteiger partial charge >= 0.3 is 0 Å². The Hall–Kier alpha value is -0.0151. The summed E-state index contributed by atoms with van der Waals surface area (Å²) in [6.07, 6.45) is 5.10. The van der Waals surface area contributed by atoms with E-state index in [1.54, 1.807) is 0 Å². The van der Waals surface area contributed by atoms with Crippen LogP contribution in [0.1, 0.15) is 25.7 Å². The minimum atomic E-state index is 0.848. The van der Waals surface area contributed by atoms with E-state index in [9.17, 15) is 0 Å². The molecule has 60 valence electrons. The van der Waals surface area contributed by atoms with E-state index in [1.807, 2.05) is 0 Å². The SMILES string of the molecule is CBNCCCCCCN. The van der Waals surface area contributed by atoms with Crippen molar-refractivity contribution in [2.45, 2.75) is 32.5 Å². The first-order chi connectivity index (χ1) is 4.91. The van der Waals surface area contributed by atoms with Gasteiger partial charge in [0, 0.05) is 0 Å². The monoisotopic (exact) mass is 142 g/mol. The zero-order valence-electron chi connectivity index (χ0n) is 7.03. The highest BCUT2D eigenvalue weighted by Crippen LogP contribution is 1.96. The minimum absolute atomic E-state index is 0.848. The molecule has 0 heterocycles. The van der Waals surface area contributed by atoms with E-state index in [2.05, 4.69) is 12.1 Å². The summed E-state index contributed by atoms with van der Waals surface area (Å²) in [6.45, 7) is 4.15. The van der Waals surface area contributed by atoms with Gasteiger partial charge in [0.25, 0.3) is 0 Å². The number of rotatable bonds is 7. The van der Waals surface area contributed by atoms with Crippen molar-refractivity contribution in [3.8, 4) is 0 Å². The predicted octanol–water partition coefficient (Wildman–Crippen LogP) is 0.495. The summed E-state index contributed by atoms with van der Waals surface area (Å²) in [5.41, 5.74) is 5.35. The Morgan fingerprint density at radius 2 is 1.90 bits per heavy atom. The topological polar surface area (TPSA) is 38.0 Å². The maximum absolute atomic E-state index is 5.35. The summed E-state index contributed by atoms with van der Waals surface area (Å²) in [6, 6.07) is 0. The molecule has 0 aliphatic carbocycles. The molecule has 0 saturated heterocycles. The van der Waals surface area contributed by atoms with Crippen molar-refractivity contribution < 1.29 is 0 Å². The van der Waals surface area contributed by atoms with Crippen LogP contribution in [0.3, 0.4) is 0 Å². The highest BCUT2D eigenvalue weighted by Gasteiger charge is 1.87. The Kier molecular flexibility index (Phi) is 8.97. The largest absolute Gasteiger partial charge is 0.359 e. The quantitative estimate of drug-likeness (QED) is 0.401. The summed E-state index contributed by atoms with van der Waals surface area (Å²) in [7, 11) is 1.09. The first-order valence-electron chi connectivity index (χ1n) is 4.32. The second-order valence-electron chi connectivity index (χ2n) is 2.56. The van der Waals surface area contributed by atoms with Gasteiger partial charge in [-0.3, -0.25) is 0 Å². The van der Waals surface area contributed by atoms with Crippen LogP contribution >= 0.6 is 0 Å². The molecule has 0 radical (unpaired) electrons. The average molecular weight is 142 g/mol. The van der Waals surface area contributed by atoms with Crippen molar-refractivity contribution in [3.05, 3.63) is 0 Å². The normalized spacial score (nSPS) is 9.80. The van der Waals surface area contributed by atoms with Gasteiger partial charge in [-0.25, -0.2) is 0 Å². The van der Waals surface area contributed by atoms with Gasteiger partial charge < -0.3 is 11.0 Å². The molecule has 0 unspecified atom stereocenters. The van der Waals surface area contributed by atoms with Crippen LogP contribution in [0.4, 0.5) is 0 Å². The fraction of sp³-hybridized carbons (Fsp3) is 1.00. The molecule has 0 aliphatic rings. The molecule has 3 N–H and O–H groups in total. The van der Waals surface area contributed by atoms with Crippen LogP contribution in [-0.2, 0) is 0 Å². The van der Waals surface area contributed by atoms with Gasteiger partial charge in [0.2, 0.25) is 0 Å². The molecule has 0 atom stereocenters. The number of hydrogen-bond donors (Lipinski definition) is 2. The molecule has 0 aromatic heterocycles. The summed E-state index contributed by atoms with van der Waals surface area (Å²) in [5.74, 6) is 0. The van der Waals surface area contributed by atoms with Crippen LogP contribution in [0.5, 0.6) is 0 Å². The number of hydrogen-bond acceptors (Lipinski definition) is 2. The van der Waals surface area contributed by atoms with Crippen molar-refractivity contribution >= 4 is 7.41 Å². The predicted molar refractivity (Wildman–Crippen MR) is 48.5 cm³/mol. The van der Waals surface area contributed by atoms with Crippen LogP contribution in [-0.4, -0.2) is 20.5 Å². The second-order valence-corrected chi connectivity index (χ2v) is 2.56. The second kappa shape index (κ2) is 8.98. The van der Waals surface area contributed by atoms with Crippen LogP contribution < -0.4 is 11.0 Å². The summed E-state index contributed by atoms with van der Waals surface area (Å²) in [5, 5.41) is 3.29. The maximum atomic E-state index is 5.35. The summed E-state index contributed by atoms with van der Waals surface area (Å²) >= 11 is 0. The Balaban J connectivity index is 2.65. The van der Waals surface area contributed by atoms with Crippen molar-refractivity contribution in [3.63, 3.8) is 0 Å². The van der Waals surface area contributed by atoms with E-state index >= 15 is 0 Å². The Morgan fingerprint density at radius 1 is 1.20 bits per heavy atom. The standard InChI is InChI=1S/C7H19BN2/c1-8-10-7-5-3-2-4-6-9/h8,10H,2-7,9H2,1H3. The summed E-state index contributed by atoms with van der Waals surface area (Å²) in [4.78, 5) is 0. The Bertz CT molecular complexity index is 51.6. The zero-order chi connectivity index (χ0) is 7.66. The molecule has 0 aromatic rings. The zero-order valence-corrected chi connectivity index (χ0v) is 7.03. The number of nitrogens with two attached hydrogens (primary N) is 1. The molecule has 3 heteroatoms. The number of unbranched alkanes of at least 4 members (excludes halogenated alkanes) is 3. The van der Waals surface area contributed by atoms with Gasteiger partial charge in [-0.1, -0.05) is 19.7 Å². The molecule has 0 bridgehead atoms. The van der Waals surface area contributed by atoms with Gasteiger partial charge in [-0.15, -0.1) is 0 Å². The van der Waals surface area contributed by atoms with Gasteiger partial charge in [0.05, 0.1) is 0 Å². The lowest BCUT2D eigenvalue weighted by Crippen LogP contribution is -2.17. The third kappa shape index (κ3) is 7.98.